The molecule has 0 saturated heterocycles. The lowest BCUT2D eigenvalue weighted by molar-refractivity contribution is -0.135. The van der Waals surface area contributed by atoms with Gasteiger partial charge in [0.2, 0.25) is 0 Å². The quantitative estimate of drug-likeness (QED) is 0.463. The Labute approximate surface area is 72.4 Å². The molecule has 0 N–H and O–H groups in total. The number of carbonyl (C=O) groups is 2. The second-order valence-electron chi connectivity index (χ2n) is 2.43. The summed E-state index contributed by atoms with van der Waals surface area (Å²) >= 11 is 0. The molecule has 12 heavy (non-hydrogen) atoms. The first-order valence-corrected chi connectivity index (χ1v) is 3.99. The maximum absolute atomic E-state index is 10.9. The van der Waals surface area contributed by atoms with Crippen LogP contribution in [0.2, 0.25) is 0 Å². The molecule has 0 aromatic heterocycles. The predicted octanol–water partition coefficient (Wildman–Crippen LogP) is 1.47. The van der Waals surface area contributed by atoms with Gasteiger partial charge in [0, 0.05) is 12.5 Å². The highest BCUT2D eigenvalue weighted by atomic mass is 16.5. The highest BCUT2D eigenvalue weighted by Gasteiger charge is 1.96. The Kier molecular flexibility index (Phi) is 5.97. The van der Waals surface area contributed by atoms with Gasteiger partial charge < -0.3 is 4.74 Å². The Bertz CT molecular complexity index is 182. The van der Waals surface area contributed by atoms with Crippen molar-refractivity contribution in [2.24, 2.45) is 0 Å². The van der Waals surface area contributed by atoms with Gasteiger partial charge in [-0.1, -0.05) is 13.3 Å². The lowest BCUT2D eigenvalue weighted by Gasteiger charge is -1.91. The summed E-state index contributed by atoms with van der Waals surface area (Å²) in [7, 11) is 1.28. The molecule has 0 atom stereocenters. The van der Waals surface area contributed by atoms with E-state index in [0.717, 1.165) is 18.9 Å². The Morgan fingerprint density at radius 2 is 2.00 bits per heavy atom. The molecule has 0 fully saturated rings. The summed E-state index contributed by atoms with van der Waals surface area (Å²) in [6.45, 7) is 2.01. The SMILES string of the molecule is CCCCC(=O)C=CC(=O)OC. The van der Waals surface area contributed by atoms with E-state index in [0.29, 0.717) is 6.42 Å². The van der Waals surface area contributed by atoms with Crippen molar-refractivity contribution in [3.63, 3.8) is 0 Å². The molecule has 0 aromatic rings. The predicted molar refractivity (Wildman–Crippen MR) is 45.7 cm³/mol. The number of ether oxygens (including phenoxy) is 1. The van der Waals surface area contributed by atoms with Crippen molar-refractivity contribution in [1.82, 2.24) is 0 Å². The fraction of sp³-hybridized carbons (Fsp3) is 0.556. The van der Waals surface area contributed by atoms with Crippen LogP contribution in [0.5, 0.6) is 0 Å². The Balaban J connectivity index is 3.67. The van der Waals surface area contributed by atoms with Gasteiger partial charge in [0.25, 0.3) is 0 Å². The molecule has 0 heterocycles. The number of hydrogen-bond donors (Lipinski definition) is 0. The van der Waals surface area contributed by atoms with Crippen LogP contribution in [-0.2, 0) is 14.3 Å². The van der Waals surface area contributed by atoms with Crippen LogP contribution >= 0.6 is 0 Å². The van der Waals surface area contributed by atoms with Crippen molar-refractivity contribution in [2.75, 3.05) is 7.11 Å². The second-order valence-corrected chi connectivity index (χ2v) is 2.43. The Morgan fingerprint density at radius 3 is 2.50 bits per heavy atom. The van der Waals surface area contributed by atoms with Crippen LogP contribution in [0.1, 0.15) is 26.2 Å². The summed E-state index contributed by atoms with van der Waals surface area (Å²) in [5.41, 5.74) is 0. The van der Waals surface area contributed by atoms with Crippen molar-refractivity contribution >= 4 is 11.8 Å². The largest absolute Gasteiger partial charge is 0.466 e. The van der Waals surface area contributed by atoms with Crippen molar-refractivity contribution in [3.05, 3.63) is 12.2 Å². The number of ketones is 1. The number of rotatable bonds is 5. The van der Waals surface area contributed by atoms with Gasteiger partial charge in [-0.05, 0) is 12.5 Å². The van der Waals surface area contributed by atoms with E-state index < -0.39 is 5.97 Å². The molecule has 0 radical (unpaired) electrons. The first-order chi connectivity index (χ1) is 5.70. The molecule has 0 saturated carbocycles. The minimum atomic E-state index is -0.486. The lowest BCUT2D eigenvalue weighted by atomic mass is 10.2. The number of carbonyl (C=O) groups excluding carboxylic acids is 2. The smallest absolute Gasteiger partial charge is 0.330 e. The van der Waals surface area contributed by atoms with Gasteiger partial charge in [0.15, 0.2) is 5.78 Å². The van der Waals surface area contributed by atoms with Gasteiger partial charge in [-0.25, -0.2) is 4.79 Å². The van der Waals surface area contributed by atoms with Crippen LogP contribution in [0.15, 0.2) is 12.2 Å². The average molecular weight is 170 g/mol. The second kappa shape index (κ2) is 6.58. The van der Waals surface area contributed by atoms with Gasteiger partial charge in [0.1, 0.15) is 0 Å². The van der Waals surface area contributed by atoms with E-state index >= 15 is 0 Å². The Morgan fingerprint density at radius 1 is 1.33 bits per heavy atom. The highest BCUT2D eigenvalue weighted by Crippen LogP contribution is 1.96. The van der Waals surface area contributed by atoms with Crippen LogP contribution in [0.4, 0.5) is 0 Å². The minimum absolute atomic E-state index is 0.0257. The molecule has 0 bridgehead atoms. The molecule has 0 spiro atoms. The van der Waals surface area contributed by atoms with E-state index in [2.05, 4.69) is 4.74 Å². The van der Waals surface area contributed by atoms with E-state index in [4.69, 9.17) is 0 Å². The molecule has 0 aliphatic rings. The number of methoxy groups -OCH3 is 1. The normalized spacial score (nSPS) is 10.2. The number of esters is 1. The first kappa shape index (κ1) is 10.9. The minimum Gasteiger partial charge on any atom is -0.466 e. The summed E-state index contributed by atoms with van der Waals surface area (Å²) in [5.74, 6) is -0.512. The third kappa shape index (κ3) is 5.65. The van der Waals surface area contributed by atoms with Crippen molar-refractivity contribution < 1.29 is 14.3 Å². The highest BCUT2D eigenvalue weighted by molar-refractivity contribution is 5.95. The summed E-state index contributed by atoms with van der Waals surface area (Å²) in [4.78, 5) is 21.5. The zero-order valence-corrected chi connectivity index (χ0v) is 7.50. The third-order valence-corrected chi connectivity index (χ3v) is 1.38. The first-order valence-electron chi connectivity index (χ1n) is 3.99. The average Bonchev–Trinajstić information content (AvgIpc) is 2.10. The zero-order valence-electron chi connectivity index (χ0n) is 7.50. The monoisotopic (exact) mass is 170 g/mol. The number of unbranched alkanes of at least 4 members (excludes halogenated alkanes) is 1. The van der Waals surface area contributed by atoms with E-state index in [1.165, 1.54) is 13.2 Å². The fourth-order valence-electron chi connectivity index (χ4n) is 0.663. The van der Waals surface area contributed by atoms with E-state index in [1.54, 1.807) is 0 Å². The molecule has 3 nitrogen and oxygen atoms in total. The van der Waals surface area contributed by atoms with Crippen LogP contribution in [0, 0.1) is 0 Å². The molecular weight excluding hydrogens is 156 g/mol. The summed E-state index contributed by atoms with van der Waals surface area (Å²) in [6, 6.07) is 0. The fourth-order valence-corrected chi connectivity index (χ4v) is 0.663. The van der Waals surface area contributed by atoms with E-state index in [-0.39, 0.29) is 5.78 Å². The molecule has 68 valence electrons. The third-order valence-electron chi connectivity index (χ3n) is 1.38. The molecule has 0 aliphatic carbocycles. The molecule has 0 aliphatic heterocycles. The molecule has 0 amide bonds. The molecule has 0 unspecified atom stereocenters. The van der Waals surface area contributed by atoms with Crippen LogP contribution in [0.25, 0.3) is 0 Å². The van der Waals surface area contributed by atoms with Gasteiger partial charge in [0.05, 0.1) is 7.11 Å². The summed E-state index contributed by atoms with van der Waals surface area (Å²) in [6.07, 6.45) is 4.77. The van der Waals surface area contributed by atoms with Gasteiger partial charge in [-0.15, -0.1) is 0 Å². The van der Waals surface area contributed by atoms with E-state index in [1.807, 2.05) is 6.92 Å². The number of allylic oxidation sites excluding steroid dienone is 1. The molecular formula is C9H14O3. The van der Waals surface area contributed by atoms with Crippen molar-refractivity contribution in [1.29, 1.82) is 0 Å². The molecule has 3 heteroatoms. The van der Waals surface area contributed by atoms with E-state index in [9.17, 15) is 9.59 Å². The van der Waals surface area contributed by atoms with Crippen molar-refractivity contribution in [2.45, 2.75) is 26.2 Å². The lowest BCUT2D eigenvalue weighted by Crippen LogP contribution is -1.97. The van der Waals surface area contributed by atoms with Crippen LogP contribution in [0.3, 0.4) is 0 Å². The van der Waals surface area contributed by atoms with Crippen LogP contribution in [-0.4, -0.2) is 18.9 Å². The van der Waals surface area contributed by atoms with Crippen LogP contribution < -0.4 is 0 Å². The standard InChI is InChI=1S/C9H14O3/c1-3-4-5-8(10)6-7-9(11)12-2/h6-7H,3-5H2,1-2H3. The molecule has 0 rings (SSSR count). The van der Waals surface area contributed by atoms with Gasteiger partial charge in [-0.2, -0.15) is 0 Å². The zero-order chi connectivity index (χ0) is 9.40. The number of hydrogen-bond acceptors (Lipinski definition) is 3. The van der Waals surface area contributed by atoms with Gasteiger partial charge in [-0.3, -0.25) is 4.79 Å². The summed E-state index contributed by atoms with van der Waals surface area (Å²) in [5, 5.41) is 0. The summed E-state index contributed by atoms with van der Waals surface area (Å²) < 4.78 is 4.33. The van der Waals surface area contributed by atoms with Crippen molar-refractivity contribution in [3.8, 4) is 0 Å². The topological polar surface area (TPSA) is 43.4 Å². The maximum Gasteiger partial charge on any atom is 0.330 e. The molecule has 0 aromatic carbocycles. The maximum atomic E-state index is 10.9. The van der Waals surface area contributed by atoms with Gasteiger partial charge >= 0.3 is 5.97 Å². The Hall–Kier alpha value is -1.12.